The normalized spacial score (nSPS) is 14.7. The van der Waals surface area contributed by atoms with Gasteiger partial charge in [0.1, 0.15) is 0 Å². The van der Waals surface area contributed by atoms with E-state index in [2.05, 4.69) is 41.9 Å². The van der Waals surface area contributed by atoms with Gasteiger partial charge in [0.25, 0.3) is 0 Å². The Kier molecular flexibility index (Phi) is 5.38. The lowest BCUT2D eigenvalue weighted by molar-refractivity contribution is 0.0978. The summed E-state index contributed by atoms with van der Waals surface area (Å²) in [5.74, 6) is 1.05. The molecule has 1 nitrogen and oxygen atoms in total. The summed E-state index contributed by atoms with van der Waals surface area (Å²) in [6, 6.07) is 8.03. The Morgan fingerprint density at radius 1 is 1.18 bits per heavy atom. The molecule has 0 saturated heterocycles. The summed E-state index contributed by atoms with van der Waals surface area (Å²) < 4.78 is 0. The number of benzene rings is 1. The molecule has 1 aromatic carbocycles. The monoisotopic (exact) mass is 296 g/mol. The van der Waals surface area contributed by atoms with Crippen LogP contribution in [0.3, 0.4) is 0 Å². The van der Waals surface area contributed by atoms with Crippen LogP contribution >= 0.6 is 15.9 Å². The summed E-state index contributed by atoms with van der Waals surface area (Å²) in [5.41, 5.74) is 2.10. The number of alkyl halides is 1. The predicted molar refractivity (Wildman–Crippen MR) is 77.0 cm³/mol. The third-order valence-corrected chi connectivity index (χ3v) is 4.69. The van der Waals surface area contributed by atoms with Gasteiger partial charge in [0, 0.05) is 5.56 Å². The molecule has 1 aromatic rings. The van der Waals surface area contributed by atoms with Crippen LogP contribution in [0.25, 0.3) is 0 Å². The lowest BCUT2D eigenvalue weighted by atomic mass is 9.95. The van der Waals surface area contributed by atoms with E-state index in [1.165, 1.54) is 5.56 Å². The molecule has 0 amide bonds. The first-order valence-corrected chi connectivity index (χ1v) is 7.17. The van der Waals surface area contributed by atoms with E-state index in [0.29, 0.717) is 11.8 Å². The molecule has 0 saturated carbocycles. The van der Waals surface area contributed by atoms with Crippen molar-refractivity contribution in [3.05, 3.63) is 35.4 Å². The topological polar surface area (TPSA) is 17.1 Å². The molecule has 94 valence electrons. The number of Topliss-reactive ketones (excluding diaryl/α,β-unsaturated/α-hetero) is 1. The largest absolute Gasteiger partial charge is 0.293 e. The van der Waals surface area contributed by atoms with Gasteiger partial charge in [-0.05, 0) is 23.8 Å². The Morgan fingerprint density at radius 3 is 2.12 bits per heavy atom. The van der Waals surface area contributed by atoms with E-state index in [9.17, 15) is 4.79 Å². The highest BCUT2D eigenvalue weighted by Gasteiger charge is 2.20. The van der Waals surface area contributed by atoms with E-state index in [4.69, 9.17) is 0 Å². The third kappa shape index (κ3) is 3.67. The predicted octanol–water partition coefficient (Wildman–Crippen LogP) is 4.80. The summed E-state index contributed by atoms with van der Waals surface area (Å²) in [5, 5.41) is 0. The van der Waals surface area contributed by atoms with Crippen molar-refractivity contribution in [1.82, 2.24) is 0 Å². The highest BCUT2D eigenvalue weighted by Crippen LogP contribution is 2.22. The van der Waals surface area contributed by atoms with Crippen molar-refractivity contribution in [3.63, 3.8) is 0 Å². The zero-order valence-electron chi connectivity index (χ0n) is 11.0. The van der Waals surface area contributed by atoms with Crippen LogP contribution in [0.15, 0.2) is 24.3 Å². The molecular weight excluding hydrogens is 276 g/mol. The van der Waals surface area contributed by atoms with Gasteiger partial charge in [-0.25, -0.2) is 0 Å². The minimum absolute atomic E-state index is 0.0862. The molecule has 17 heavy (non-hydrogen) atoms. The molecule has 0 aromatic heterocycles. The molecule has 0 N–H and O–H groups in total. The molecule has 2 unspecified atom stereocenters. The zero-order chi connectivity index (χ0) is 13.0. The Balaban J connectivity index is 2.84. The van der Waals surface area contributed by atoms with Crippen molar-refractivity contribution in [2.75, 3.05) is 0 Å². The van der Waals surface area contributed by atoms with Crippen molar-refractivity contribution >= 4 is 21.7 Å². The lowest BCUT2D eigenvalue weighted by Gasteiger charge is -2.13. The van der Waals surface area contributed by atoms with Gasteiger partial charge < -0.3 is 0 Å². The second-order valence-corrected chi connectivity index (χ2v) is 5.93. The number of ketones is 1. The zero-order valence-corrected chi connectivity index (χ0v) is 12.6. The quantitative estimate of drug-likeness (QED) is 0.563. The third-order valence-electron chi connectivity index (χ3n) is 3.21. The summed E-state index contributed by atoms with van der Waals surface area (Å²) in [6.07, 6.45) is 1.13. The molecule has 2 atom stereocenters. The fraction of sp³-hybridized carbons (Fsp3) is 0.533. The van der Waals surface area contributed by atoms with Gasteiger partial charge >= 0.3 is 0 Å². The van der Waals surface area contributed by atoms with Gasteiger partial charge in [0.15, 0.2) is 5.78 Å². The Hall–Kier alpha value is -0.630. The maximum absolute atomic E-state index is 12.1. The standard InChI is InChI=1S/C15H21BrO/c1-5-11(4)12-6-8-13(9-7-12)15(17)14(16)10(2)3/h6-11,14H,5H2,1-4H3. The first kappa shape index (κ1) is 14.4. The van der Waals surface area contributed by atoms with Crippen LogP contribution < -0.4 is 0 Å². The minimum atomic E-state index is -0.0862. The number of hydrogen-bond donors (Lipinski definition) is 0. The molecule has 0 spiro atoms. The number of carbonyl (C=O) groups excluding carboxylic acids is 1. The molecule has 0 fully saturated rings. The Bertz CT molecular complexity index is 367. The van der Waals surface area contributed by atoms with E-state index in [-0.39, 0.29) is 10.6 Å². The lowest BCUT2D eigenvalue weighted by Crippen LogP contribution is -2.20. The summed E-state index contributed by atoms with van der Waals surface area (Å²) in [4.78, 5) is 12.0. The van der Waals surface area contributed by atoms with Crippen LogP contribution in [-0.4, -0.2) is 10.6 Å². The van der Waals surface area contributed by atoms with Gasteiger partial charge in [0.05, 0.1) is 4.83 Å². The second kappa shape index (κ2) is 6.34. The molecule has 0 heterocycles. The van der Waals surface area contributed by atoms with Gasteiger partial charge in [-0.1, -0.05) is 67.9 Å². The van der Waals surface area contributed by atoms with Crippen molar-refractivity contribution < 1.29 is 4.79 Å². The van der Waals surface area contributed by atoms with Crippen LogP contribution in [0.1, 0.15) is 56.0 Å². The van der Waals surface area contributed by atoms with Crippen molar-refractivity contribution in [1.29, 1.82) is 0 Å². The summed E-state index contributed by atoms with van der Waals surface area (Å²) >= 11 is 3.46. The molecule has 1 rings (SSSR count). The van der Waals surface area contributed by atoms with Crippen molar-refractivity contribution in [2.24, 2.45) is 5.92 Å². The van der Waals surface area contributed by atoms with Crippen LogP contribution in [0, 0.1) is 5.92 Å². The average Bonchev–Trinajstić information content (AvgIpc) is 2.36. The van der Waals surface area contributed by atoms with Crippen LogP contribution in [0.4, 0.5) is 0 Å². The van der Waals surface area contributed by atoms with Gasteiger partial charge in [-0.2, -0.15) is 0 Å². The van der Waals surface area contributed by atoms with E-state index in [1.807, 2.05) is 26.0 Å². The molecule has 0 radical (unpaired) electrons. The SMILES string of the molecule is CCC(C)c1ccc(C(=O)C(Br)C(C)C)cc1. The fourth-order valence-electron chi connectivity index (χ4n) is 1.67. The second-order valence-electron chi connectivity index (χ2n) is 4.94. The molecule has 0 aliphatic carbocycles. The molecule has 0 aliphatic heterocycles. The van der Waals surface area contributed by atoms with E-state index in [1.54, 1.807) is 0 Å². The van der Waals surface area contributed by atoms with Crippen LogP contribution in [-0.2, 0) is 0 Å². The first-order chi connectivity index (χ1) is 7.97. The highest BCUT2D eigenvalue weighted by molar-refractivity contribution is 9.10. The number of rotatable bonds is 5. The number of halogens is 1. The summed E-state index contributed by atoms with van der Waals surface area (Å²) in [7, 11) is 0. The number of hydrogen-bond acceptors (Lipinski definition) is 1. The fourth-order valence-corrected chi connectivity index (χ4v) is 1.94. The minimum Gasteiger partial charge on any atom is -0.293 e. The Labute approximate surface area is 113 Å². The van der Waals surface area contributed by atoms with Crippen LogP contribution in [0.5, 0.6) is 0 Å². The molecule has 2 heteroatoms. The average molecular weight is 297 g/mol. The van der Waals surface area contributed by atoms with E-state index < -0.39 is 0 Å². The first-order valence-electron chi connectivity index (χ1n) is 6.25. The molecule has 0 aliphatic rings. The van der Waals surface area contributed by atoms with Gasteiger partial charge in [-0.15, -0.1) is 0 Å². The van der Waals surface area contributed by atoms with Crippen molar-refractivity contribution in [3.8, 4) is 0 Å². The number of carbonyl (C=O) groups is 1. The Morgan fingerprint density at radius 2 is 1.71 bits per heavy atom. The molecule has 0 bridgehead atoms. The van der Waals surface area contributed by atoms with E-state index >= 15 is 0 Å². The van der Waals surface area contributed by atoms with Crippen molar-refractivity contribution in [2.45, 2.75) is 44.9 Å². The van der Waals surface area contributed by atoms with Gasteiger partial charge in [0.2, 0.25) is 0 Å². The smallest absolute Gasteiger partial charge is 0.176 e. The summed E-state index contributed by atoms with van der Waals surface area (Å²) in [6.45, 7) is 8.48. The highest BCUT2D eigenvalue weighted by atomic mass is 79.9. The maximum atomic E-state index is 12.1. The van der Waals surface area contributed by atoms with E-state index in [0.717, 1.165) is 12.0 Å². The van der Waals surface area contributed by atoms with Crippen LogP contribution in [0.2, 0.25) is 0 Å². The van der Waals surface area contributed by atoms with Gasteiger partial charge in [-0.3, -0.25) is 4.79 Å². The molecular formula is C15H21BrO. The maximum Gasteiger partial charge on any atom is 0.176 e.